The van der Waals surface area contributed by atoms with Crippen LogP contribution in [-0.2, 0) is 19.8 Å². The van der Waals surface area contributed by atoms with Crippen LogP contribution in [0.4, 0.5) is 10.6 Å². The highest BCUT2D eigenvalue weighted by Gasteiger charge is 2.62. The Bertz CT molecular complexity index is 1170. The van der Waals surface area contributed by atoms with Crippen LogP contribution in [-0.4, -0.2) is 62.0 Å². The van der Waals surface area contributed by atoms with Gasteiger partial charge in [0, 0.05) is 10.8 Å². The average molecular weight is 472 g/mol. The molecule has 34 heavy (non-hydrogen) atoms. The Hall–Kier alpha value is -2.94. The van der Waals surface area contributed by atoms with Crippen molar-refractivity contribution >= 4 is 17.5 Å². The summed E-state index contributed by atoms with van der Waals surface area (Å²) in [6.07, 6.45) is -1.06. The Balaban J connectivity index is 1.31. The zero-order valence-electron chi connectivity index (χ0n) is 19.3. The smallest absolute Gasteiger partial charge is 0.431 e. The van der Waals surface area contributed by atoms with E-state index in [0.717, 1.165) is 19.3 Å². The van der Waals surface area contributed by atoms with E-state index < -0.39 is 36.7 Å². The summed E-state index contributed by atoms with van der Waals surface area (Å²) in [4.78, 5) is 16.5. The van der Waals surface area contributed by atoms with Crippen molar-refractivity contribution in [2.75, 3.05) is 12.3 Å². The van der Waals surface area contributed by atoms with Gasteiger partial charge in [0.15, 0.2) is 5.82 Å². The number of carbonyl (C=O) groups is 1. The molecule has 3 fully saturated rings. The number of hydrogen-bond donors (Lipinski definition) is 3. The van der Waals surface area contributed by atoms with E-state index in [0.29, 0.717) is 11.4 Å². The van der Waals surface area contributed by atoms with E-state index in [4.69, 9.17) is 19.9 Å². The lowest BCUT2D eigenvalue weighted by Gasteiger charge is -2.41. The molecule has 3 aliphatic rings. The Kier molecular flexibility index (Phi) is 5.06. The molecule has 11 heteroatoms. The van der Waals surface area contributed by atoms with Crippen LogP contribution < -0.4 is 5.73 Å². The fourth-order valence-electron chi connectivity index (χ4n) is 6.38. The zero-order chi connectivity index (χ0) is 24.5. The number of ether oxygens (including phenoxy) is 3. The first-order valence-electron chi connectivity index (χ1n) is 11.4. The number of nitrogen functional groups attached to an aromatic ring is 1. The van der Waals surface area contributed by atoms with Gasteiger partial charge in [-0.05, 0) is 37.3 Å². The van der Waals surface area contributed by atoms with E-state index >= 15 is 0 Å². The van der Waals surface area contributed by atoms with Gasteiger partial charge in [-0.25, -0.2) is 14.3 Å². The van der Waals surface area contributed by atoms with E-state index in [1.54, 1.807) is 6.07 Å². The fourth-order valence-corrected chi connectivity index (χ4v) is 6.38. The topological polar surface area (TPSA) is 165 Å². The van der Waals surface area contributed by atoms with Crippen LogP contribution >= 0.6 is 0 Å². The molecule has 0 radical (unpaired) electrons. The number of fused-ring (bicyclic) bond motifs is 3. The molecule has 3 heterocycles. The van der Waals surface area contributed by atoms with Crippen molar-refractivity contribution in [3.05, 3.63) is 24.2 Å². The second-order valence-electron chi connectivity index (χ2n) is 10.6. The number of nitriles is 1. The van der Waals surface area contributed by atoms with Gasteiger partial charge in [-0.3, -0.25) is 0 Å². The molecule has 2 saturated carbocycles. The quantitative estimate of drug-likeness (QED) is 0.557. The fraction of sp³-hybridized carbons (Fsp3) is 0.652. The molecule has 3 unspecified atom stereocenters. The van der Waals surface area contributed by atoms with Crippen LogP contribution in [0, 0.1) is 28.1 Å². The first-order chi connectivity index (χ1) is 16.0. The zero-order valence-corrected chi connectivity index (χ0v) is 19.3. The standard InChI is InChI=1S/C23H29N5O6/c1-21(2)12-6-7-22(3,8-12)19(21)33-20(31)32-9-14-16(29)17(30)23(10-24,34-14)15-5-4-13-18(25)26-11-27-28(13)15/h4-5,11-12,14,16-17,19,29-30H,6-9H2,1-3H3,(H2,25,26,27)/t12?,14-,16-,17-,19?,22?,23+/m1/s1. The van der Waals surface area contributed by atoms with Gasteiger partial charge in [-0.1, -0.05) is 20.8 Å². The van der Waals surface area contributed by atoms with Crippen molar-refractivity contribution in [3.63, 3.8) is 0 Å². The monoisotopic (exact) mass is 471 g/mol. The lowest BCUT2D eigenvalue weighted by atomic mass is 9.70. The molecule has 2 bridgehead atoms. The minimum absolute atomic E-state index is 0.0809. The number of aromatic nitrogens is 3. The molecule has 11 nitrogen and oxygen atoms in total. The van der Waals surface area contributed by atoms with E-state index in [1.165, 1.54) is 16.9 Å². The second-order valence-corrected chi connectivity index (χ2v) is 10.6. The number of nitrogens with zero attached hydrogens (tertiary/aromatic N) is 4. The van der Waals surface area contributed by atoms with E-state index in [9.17, 15) is 20.3 Å². The third kappa shape index (κ3) is 3.09. The molecule has 2 aliphatic carbocycles. The maximum atomic E-state index is 12.6. The SMILES string of the molecule is CC12CCC(C1)C(C)(C)C2OC(=O)OC[C@H]1O[C@@](C#N)(c2ccc3c(N)ncnn23)[C@H](O)[C@@H]1O. The van der Waals surface area contributed by atoms with Crippen LogP contribution in [0.3, 0.4) is 0 Å². The van der Waals surface area contributed by atoms with E-state index in [2.05, 4.69) is 30.9 Å². The molecule has 4 N–H and O–H groups in total. The normalized spacial score (nSPS) is 38.2. The van der Waals surface area contributed by atoms with Gasteiger partial charge in [0.05, 0.1) is 5.69 Å². The Morgan fingerprint density at radius 1 is 1.38 bits per heavy atom. The van der Waals surface area contributed by atoms with Crippen LogP contribution in [0.15, 0.2) is 18.5 Å². The maximum Gasteiger partial charge on any atom is 0.508 e. The summed E-state index contributed by atoms with van der Waals surface area (Å²) in [5.74, 6) is 0.679. The first-order valence-corrected chi connectivity index (χ1v) is 11.4. The number of anilines is 1. The molecular formula is C23H29N5O6. The van der Waals surface area contributed by atoms with Crippen molar-refractivity contribution < 1.29 is 29.2 Å². The first kappa shape index (κ1) is 22.8. The Morgan fingerprint density at radius 3 is 2.82 bits per heavy atom. The number of aliphatic hydroxyl groups is 2. The van der Waals surface area contributed by atoms with Crippen molar-refractivity contribution in [3.8, 4) is 6.07 Å². The Labute approximate surface area is 196 Å². The molecule has 182 valence electrons. The van der Waals surface area contributed by atoms with Crippen molar-refractivity contribution in [1.29, 1.82) is 5.26 Å². The van der Waals surface area contributed by atoms with Crippen molar-refractivity contribution in [1.82, 2.24) is 14.6 Å². The summed E-state index contributed by atoms with van der Waals surface area (Å²) in [5, 5.41) is 35.5. The van der Waals surface area contributed by atoms with Gasteiger partial charge in [0.1, 0.15) is 48.9 Å². The van der Waals surface area contributed by atoms with Gasteiger partial charge in [0.2, 0.25) is 5.60 Å². The van der Waals surface area contributed by atoms with E-state index in [1.807, 2.05) is 6.07 Å². The summed E-state index contributed by atoms with van der Waals surface area (Å²) >= 11 is 0. The average Bonchev–Trinajstić information content (AvgIpc) is 3.51. The molecule has 0 spiro atoms. The molecule has 5 rings (SSSR count). The van der Waals surface area contributed by atoms with E-state index in [-0.39, 0.29) is 28.4 Å². The maximum absolute atomic E-state index is 12.6. The van der Waals surface area contributed by atoms with Gasteiger partial charge in [-0.2, -0.15) is 10.4 Å². The number of carbonyl (C=O) groups excluding carboxylic acids is 1. The predicted octanol–water partition coefficient (Wildman–Crippen LogP) is 1.52. The second kappa shape index (κ2) is 7.53. The largest absolute Gasteiger partial charge is 0.508 e. The molecule has 7 atom stereocenters. The summed E-state index contributed by atoms with van der Waals surface area (Å²) in [6.45, 7) is 5.97. The van der Waals surface area contributed by atoms with Crippen molar-refractivity contribution in [2.24, 2.45) is 16.7 Å². The molecule has 1 aliphatic heterocycles. The number of rotatable bonds is 4. The van der Waals surface area contributed by atoms with Gasteiger partial charge >= 0.3 is 6.16 Å². The minimum Gasteiger partial charge on any atom is -0.431 e. The third-order valence-corrected chi connectivity index (χ3v) is 8.20. The summed E-state index contributed by atoms with van der Waals surface area (Å²) in [6, 6.07) is 5.07. The summed E-state index contributed by atoms with van der Waals surface area (Å²) < 4.78 is 18.2. The highest BCUT2D eigenvalue weighted by atomic mass is 16.7. The number of hydrogen-bond acceptors (Lipinski definition) is 10. The number of nitrogens with two attached hydrogens (primary N) is 1. The van der Waals surface area contributed by atoms with Crippen LogP contribution in [0.5, 0.6) is 0 Å². The van der Waals surface area contributed by atoms with Crippen LogP contribution in [0.1, 0.15) is 45.7 Å². The van der Waals surface area contributed by atoms with Crippen LogP contribution in [0.25, 0.3) is 5.52 Å². The summed E-state index contributed by atoms with van der Waals surface area (Å²) in [7, 11) is 0. The van der Waals surface area contributed by atoms with Crippen molar-refractivity contribution in [2.45, 2.75) is 70.1 Å². The highest BCUT2D eigenvalue weighted by Crippen LogP contribution is 2.63. The number of aliphatic hydroxyl groups excluding tert-OH is 2. The molecule has 2 aromatic rings. The molecule has 1 saturated heterocycles. The van der Waals surface area contributed by atoms with Gasteiger partial charge in [-0.15, -0.1) is 0 Å². The predicted molar refractivity (Wildman–Crippen MR) is 117 cm³/mol. The van der Waals surface area contributed by atoms with Gasteiger partial charge in [0.25, 0.3) is 0 Å². The molecule has 0 aromatic carbocycles. The lowest BCUT2D eigenvalue weighted by molar-refractivity contribution is -0.0963. The minimum atomic E-state index is -1.95. The molecule has 0 amide bonds. The van der Waals surface area contributed by atoms with Gasteiger partial charge < -0.3 is 30.2 Å². The highest BCUT2D eigenvalue weighted by molar-refractivity contribution is 5.66. The lowest BCUT2D eigenvalue weighted by Crippen LogP contribution is -2.44. The molecular weight excluding hydrogens is 442 g/mol. The summed E-state index contributed by atoms with van der Waals surface area (Å²) in [5.41, 5.74) is 4.27. The Morgan fingerprint density at radius 2 is 2.15 bits per heavy atom. The molecule has 2 aromatic heterocycles. The third-order valence-electron chi connectivity index (χ3n) is 8.20. The van der Waals surface area contributed by atoms with Crippen LogP contribution in [0.2, 0.25) is 0 Å².